The fraction of sp³-hybridized carbons (Fsp3) is 0.800. The number of hydrogen-bond acceptors (Lipinski definition) is 4. The van der Waals surface area contributed by atoms with Crippen molar-refractivity contribution < 1.29 is 4.79 Å². The van der Waals surface area contributed by atoms with Crippen LogP contribution in [0.2, 0.25) is 0 Å². The van der Waals surface area contributed by atoms with Crippen molar-refractivity contribution in [3.8, 4) is 0 Å². The van der Waals surface area contributed by atoms with Crippen LogP contribution in [-0.2, 0) is 4.79 Å². The molecule has 0 aromatic rings. The third-order valence-electron chi connectivity index (χ3n) is 1.09. The minimum atomic E-state index is -0.458. The largest absolute Gasteiger partial charge is 0.330 e. The van der Waals surface area contributed by atoms with E-state index < -0.39 is 6.04 Å². The van der Waals surface area contributed by atoms with Crippen LogP contribution in [0, 0.1) is 0 Å². The van der Waals surface area contributed by atoms with Gasteiger partial charge < -0.3 is 17.2 Å². The number of Topliss-reactive ketones (excluding diaryl/α,β-unsaturated/α-hetero) is 1. The third kappa shape index (κ3) is 3.18. The number of rotatable bonds is 4. The molecule has 4 nitrogen and oxygen atoms in total. The van der Waals surface area contributed by atoms with Crippen molar-refractivity contribution in [1.82, 2.24) is 0 Å². The van der Waals surface area contributed by atoms with Crippen molar-refractivity contribution in [2.75, 3.05) is 13.1 Å². The lowest BCUT2D eigenvalue weighted by atomic mass is 10.1. The summed E-state index contributed by atoms with van der Waals surface area (Å²) in [4.78, 5) is 10.6. The predicted molar refractivity (Wildman–Crippen MR) is 35.7 cm³/mol. The minimum Gasteiger partial charge on any atom is -0.330 e. The van der Waals surface area contributed by atoms with Crippen LogP contribution in [0.4, 0.5) is 0 Å². The highest BCUT2D eigenvalue weighted by Crippen LogP contribution is 1.84. The Morgan fingerprint density at radius 2 is 2.00 bits per heavy atom. The molecule has 0 radical (unpaired) electrons. The molecule has 0 heterocycles. The van der Waals surface area contributed by atoms with Gasteiger partial charge in [0.1, 0.15) is 0 Å². The van der Waals surface area contributed by atoms with Crippen molar-refractivity contribution in [2.24, 2.45) is 17.2 Å². The molecule has 0 aliphatic rings. The van der Waals surface area contributed by atoms with E-state index in [4.69, 9.17) is 17.2 Å². The molecule has 0 aliphatic heterocycles. The number of nitrogens with two attached hydrogens (primary N) is 3. The smallest absolute Gasteiger partial charge is 0.163 e. The Bertz CT molecular complexity index is 94.2. The van der Waals surface area contributed by atoms with E-state index in [1.807, 2.05) is 0 Å². The van der Waals surface area contributed by atoms with E-state index >= 15 is 0 Å². The maximum Gasteiger partial charge on any atom is 0.163 e. The van der Waals surface area contributed by atoms with E-state index in [1.54, 1.807) is 0 Å². The summed E-state index contributed by atoms with van der Waals surface area (Å²) >= 11 is 0. The van der Waals surface area contributed by atoms with Crippen molar-refractivity contribution in [2.45, 2.75) is 12.5 Å². The third-order valence-corrected chi connectivity index (χ3v) is 1.09. The maximum atomic E-state index is 10.6. The quantitative estimate of drug-likeness (QED) is 0.419. The monoisotopic (exact) mass is 131 g/mol. The average Bonchev–Trinajstić information content (AvgIpc) is 1.87. The minimum absolute atomic E-state index is 0.0150. The highest BCUT2D eigenvalue weighted by molar-refractivity contribution is 5.85. The van der Waals surface area contributed by atoms with Gasteiger partial charge in [0.05, 0.1) is 12.6 Å². The molecule has 1 unspecified atom stereocenters. The number of carbonyl (C=O) groups is 1. The normalized spacial score (nSPS) is 13.2. The van der Waals surface area contributed by atoms with Gasteiger partial charge in [-0.1, -0.05) is 0 Å². The summed E-state index contributed by atoms with van der Waals surface area (Å²) in [7, 11) is 0. The average molecular weight is 131 g/mol. The molecular weight excluding hydrogens is 118 g/mol. The molecule has 1 atom stereocenters. The summed E-state index contributed by atoms with van der Waals surface area (Å²) in [5.74, 6) is -0.125. The van der Waals surface area contributed by atoms with Gasteiger partial charge in [-0.15, -0.1) is 0 Å². The first-order chi connectivity index (χ1) is 4.22. The van der Waals surface area contributed by atoms with E-state index in [-0.39, 0.29) is 12.3 Å². The summed E-state index contributed by atoms with van der Waals surface area (Å²) < 4.78 is 0. The van der Waals surface area contributed by atoms with E-state index in [0.29, 0.717) is 13.0 Å². The zero-order valence-electron chi connectivity index (χ0n) is 5.34. The lowest BCUT2D eigenvalue weighted by Gasteiger charge is -2.05. The van der Waals surface area contributed by atoms with Gasteiger partial charge in [-0.3, -0.25) is 4.79 Å². The van der Waals surface area contributed by atoms with Gasteiger partial charge in [0.25, 0.3) is 0 Å². The Kier molecular flexibility index (Phi) is 4.21. The van der Waals surface area contributed by atoms with Crippen LogP contribution in [-0.4, -0.2) is 24.9 Å². The summed E-state index contributed by atoms with van der Waals surface area (Å²) in [6.07, 6.45) is 0.524. The van der Waals surface area contributed by atoms with Gasteiger partial charge in [-0.2, -0.15) is 0 Å². The topological polar surface area (TPSA) is 95.1 Å². The molecular formula is C5H13N3O. The second kappa shape index (κ2) is 4.43. The zero-order valence-corrected chi connectivity index (χ0v) is 5.34. The predicted octanol–water partition coefficient (Wildman–Crippen LogP) is -1.81. The van der Waals surface area contributed by atoms with Crippen LogP contribution in [0.5, 0.6) is 0 Å². The van der Waals surface area contributed by atoms with Crippen molar-refractivity contribution in [3.63, 3.8) is 0 Å². The Morgan fingerprint density at radius 1 is 1.44 bits per heavy atom. The van der Waals surface area contributed by atoms with Crippen LogP contribution in [0.1, 0.15) is 6.42 Å². The van der Waals surface area contributed by atoms with Gasteiger partial charge >= 0.3 is 0 Å². The van der Waals surface area contributed by atoms with E-state index in [1.165, 1.54) is 0 Å². The Morgan fingerprint density at radius 3 is 2.33 bits per heavy atom. The zero-order chi connectivity index (χ0) is 7.28. The van der Waals surface area contributed by atoms with Gasteiger partial charge in [-0.05, 0) is 13.0 Å². The Balaban J connectivity index is 3.45. The first kappa shape index (κ1) is 8.55. The molecule has 0 rings (SSSR count). The van der Waals surface area contributed by atoms with Crippen molar-refractivity contribution in [3.05, 3.63) is 0 Å². The van der Waals surface area contributed by atoms with E-state index in [9.17, 15) is 4.79 Å². The number of ketones is 1. The molecule has 0 aliphatic carbocycles. The molecule has 0 aromatic heterocycles. The molecule has 0 amide bonds. The lowest BCUT2D eigenvalue weighted by molar-refractivity contribution is -0.119. The molecule has 0 bridgehead atoms. The SMILES string of the molecule is NCCC(N)C(=O)CN. The molecule has 0 fully saturated rings. The van der Waals surface area contributed by atoms with E-state index in [2.05, 4.69) is 0 Å². The van der Waals surface area contributed by atoms with Gasteiger partial charge in [0.15, 0.2) is 5.78 Å². The van der Waals surface area contributed by atoms with Crippen LogP contribution < -0.4 is 17.2 Å². The highest BCUT2D eigenvalue weighted by Gasteiger charge is 2.08. The molecule has 0 aromatic carbocycles. The molecule has 0 spiro atoms. The first-order valence-corrected chi connectivity index (χ1v) is 2.90. The van der Waals surface area contributed by atoms with Crippen LogP contribution in [0.25, 0.3) is 0 Å². The van der Waals surface area contributed by atoms with Crippen LogP contribution in [0.3, 0.4) is 0 Å². The highest BCUT2D eigenvalue weighted by atomic mass is 16.1. The summed E-state index contributed by atoms with van der Waals surface area (Å²) in [6, 6.07) is -0.458. The molecule has 54 valence electrons. The van der Waals surface area contributed by atoms with Gasteiger partial charge in [-0.25, -0.2) is 0 Å². The van der Waals surface area contributed by atoms with Gasteiger partial charge in [0.2, 0.25) is 0 Å². The van der Waals surface area contributed by atoms with E-state index in [0.717, 1.165) is 0 Å². The standard InChI is InChI=1S/C5H13N3O/c6-2-1-4(8)5(9)3-7/h4H,1-3,6-8H2. The second-order valence-corrected chi connectivity index (χ2v) is 1.85. The summed E-state index contributed by atoms with van der Waals surface area (Å²) in [5, 5.41) is 0. The number of hydrogen-bond donors (Lipinski definition) is 3. The Labute approximate surface area is 54.4 Å². The van der Waals surface area contributed by atoms with Crippen molar-refractivity contribution in [1.29, 1.82) is 0 Å². The Hall–Kier alpha value is -0.450. The molecule has 4 heteroatoms. The first-order valence-electron chi connectivity index (χ1n) is 2.90. The summed E-state index contributed by atoms with van der Waals surface area (Å²) in [6.45, 7) is 0.452. The lowest BCUT2D eigenvalue weighted by Crippen LogP contribution is -2.36. The molecule has 9 heavy (non-hydrogen) atoms. The maximum absolute atomic E-state index is 10.6. The van der Waals surface area contributed by atoms with Crippen molar-refractivity contribution >= 4 is 5.78 Å². The molecule has 0 saturated heterocycles. The van der Waals surface area contributed by atoms with Gasteiger partial charge in [0, 0.05) is 0 Å². The number of carbonyl (C=O) groups excluding carboxylic acids is 1. The fourth-order valence-corrected chi connectivity index (χ4v) is 0.492. The fourth-order valence-electron chi connectivity index (χ4n) is 0.492. The summed E-state index contributed by atoms with van der Waals surface area (Å²) in [5.41, 5.74) is 15.5. The second-order valence-electron chi connectivity index (χ2n) is 1.85. The molecule has 0 saturated carbocycles. The van der Waals surface area contributed by atoms with Crippen LogP contribution in [0.15, 0.2) is 0 Å². The van der Waals surface area contributed by atoms with Crippen LogP contribution >= 0.6 is 0 Å². The molecule has 6 N–H and O–H groups in total.